The first-order valence-electron chi connectivity index (χ1n) is 10.8. The summed E-state index contributed by atoms with van der Waals surface area (Å²) < 4.78 is 0. The normalized spacial score (nSPS) is 11.6. The number of pyridine rings is 3. The standard InChI is InChI=1S/C28H25N3Si/c1-32(2,3)26-9-6-20(7-10-26)22-4-5-23-16-25(19-31-28(23)17-22)24-8-11-27(30-18-24)21-12-14-29-15-13-21/h4-19H,1-3H3. The third kappa shape index (κ3) is 4.10. The van der Waals surface area contributed by atoms with Crippen LogP contribution in [0.5, 0.6) is 0 Å². The summed E-state index contributed by atoms with van der Waals surface area (Å²) >= 11 is 0. The van der Waals surface area contributed by atoms with E-state index in [9.17, 15) is 0 Å². The summed E-state index contributed by atoms with van der Waals surface area (Å²) in [7, 11) is -1.28. The van der Waals surface area contributed by atoms with Gasteiger partial charge in [0.05, 0.1) is 19.3 Å². The lowest BCUT2D eigenvalue weighted by molar-refractivity contribution is 1.28. The number of hydrogen-bond acceptors (Lipinski definition) is 3. The van der Waals surface area contributed by atoms with Crippen molar-refractivity contribution in [1.82, 2.24) is 15.0 Å². The molecule has 4 heteroatoms. The molecule has 32 heavy (non-hydrogen) atoms. The summed E-state index contributed by atoms with van der Waals surface area (Å²) in [6.45, 7) is 7.13. The number of hydrogen-bond donors (Lipinski definition) is 0. The third-order valence-electron chi connectivity index (χ3n) is 5.84. The van der Waals surface area contributed by atoms with Crippen molar-refractivity contribution >= 4 is 24.2 Å². The molecule has 0 saturated heterocycles. The Morgan fingerprint density at radius 3 is 1.94 bits per heavy atom. The summed E-state index contributed by atoms with van der Waals surface area (Å²) in [5.41, 5.74) is 7.56. The lowest BCUT2D eigenvalue weighted by Gasteiger charge is -2.16. The van der Waals surface area contributed by atoms with E-state index in [0.717, 1.165) is 33.3 Å². The van der Waals surface area contributed by atoms with Crippen molar-refractivity contribution in [2.45, 2.75) is 19.6 Å². The Morgan fingerprint density at radius 2 is 1.25 bits per heavy atom. The molecule has 0 amide bonds. The highest BCUT2D eigenvalue weighted by atomic mass is 28.3. The molecule has 0 aliphatic heterocycles. The van der Waals surface area contributed by atoms with E-state index in [-0.39, 0.29) is 0 Å². The highest BCUT2D eigenvalue weighted by Crippen LogP contribution is 2.27. The first kappa shape index (κ1) is 20.3. The lowest BCUT2D eigenvalue weighted by atomic mass is 10.0. The van der Waals surface area contributed by atoms with Gasteiger partial charge in [-0.3, -0.25) is 15.0 Å². The molecule has 3 nitrogen and oxygen atoms in total. The van der Waals surface area contributed by atoms with E-state index in [1.54, 1.807) is 12.4 Å². The van der Waals surface area contributed by atoms with E-state index in [1.807, 2.05) is 30.6 Å². The summed E-state index contributed by atoms with van der Waals surface area (Å²) in [5, 5.41) is 2.61. The van der Waals surface area contributed by atoms with Crippen LogP contribution < -0.4 is 5.19 Å². The van der Waals surface area contributed by atoms with Gasteiger partial charge in [-0.1, -0.05) is 67.3 Å². The van der Waals surface area contributed by atoms with Crippen molar-refractivity contribution in [3.8, 4) is 33.5 Å². The predicted molar refractivity (Wildman–Crippen MR) is 137 cm³/mol. The maximum absolute atomic E-state index is 4.75. The topological polar surface area (TPSA) is 38.7 Å². The molecule has 0 aliphatic carbocycles. The van der Waals surface area contributed by atoms with Crippen molar-refractivity contribution in [2.75, 3.05) is 0 Å². The largest absolute Gasteiger partial charge is 0.265 e. The molecule has 0 unspecified atom stereocenters. The van der Waals surface area contributed by atoms with Gasteiger partial charge in [-0.25, -0.2) is 0 Å². The minimum absolute atomic E-state index is 0.940. The Labute approximate surface area is 189 Å². The van der Waals surface area contributed by atoms with Gasteiger partial charge in [0, 0.05) is 46.9 Å². The highest BCUT2D eigenvalue weighted by Gasteiger charge is 2.15. The molecule has 156 valence electrons. The van der Waals surface area contributed by atoms with Gasteiger partial charge in [0.25, 0.3) is 0 Å². The average Bonchev–Trinajstić information content (AvgIpc) is 2.83. The van der Waals surface area contributed by atoms with Crippen LogP contribution in [0.2, 0.25) is 19.6 Å². The van der Waals surface area contributed by atoms with Gasteiger partial charge in [0.15, 0.2) is 0 Å². The Hall–Kier alpha value is -3.63. The van der Waals surface area contributed by atoms with Gasteiger partial charge in [-0.05, 0) is 41.5 Å². The van der Waals surface area contributed by atoms with Crippen LogP contribution in [0.3, 0.4) is 0 Å². The van der Waals surface area contributed by atoms with Crippen LogP contribution in [-0.2, 0) is 0 Å². The van der Waals surface area contributed by atoms with Gasteiger partial charge in [-0.2, -0.15) is 0 Å². The Balaban J connectivity index is 1.43. The second-order valence-electron chi connectivity index (χ2n) is 9.13. The molecule has 0 bridgehead atoms. The van der Waals surface area contributed by atoms with Crippen LogP contribution in [0.1, 0.15) is 0 Å². The van der Waals surface area contributed by atoms with Gasteiger partial charge < -0.3 is 0 Å². The van der Waals surface area contributed by atoms with Crippen molar-refractivity contribution in [3.05, 3.63) is 97.6 Å². The van der Waals surface area contributed by atoms with E-state index in [2.05, 4.69) is 84.2 Å². The summed E-state index contributed by atoms with van der Waals surface area (Å²) in [6, 6.07) is 25.8. The third-order valence-corrected chi connectivity index (χ3v) is 7.91. The van der Waals surface area contributed by atoms with Crippen molar-refractivity contribution in [3.63, 3.8) is 0 Å². The maximum atomic E-state index is 4.75. The summed E-state index contributed by atoms with van der Waals surface area (Å²) in [5.74, 6) is 0. The van der Waals surface area contributed by atoms with Gasteiger partial charge in [0.2, 0.25) is 0 Å². The Bertz CT molecular complexity index is 1370. The minimum Gasteiger partial charge on any atom is -0.265 e. The lowest BCUT2D eigenvalue weighted by Crippen LogP contribution is -2.37. The Kier molecular flexibility index (Phi) is 5.15. The zero-order chi connectivity index (χ0) is 22.1. The van der Waals surface area contributed by atoms with Crippen LogP contribution in [0, 0.1) is 0 Å². The maximum Gasteiger partial charge on any atom is 0.0775 e. The smallest absolute Gasteiger partial charge is 0.0775 e. The van der Waals surface area contributed by atoms with E-state index < -0.39 is 8.07 Å². The van der Waals surface area contributed by atoms with Crippen LogP contribution in [0.4, 0.5) is 0 Å². The molecule has 0 fully saturated rings. The van der Waals surface area contributed by atoms with E-state index in [1.165, 1.54) is 16.3 Å². The van der Waals surface area contributed by atoms with Gasteiger partial charge >= 0.3 is 0 Å². The molecule has 0 aliphatic rings. The van der Waals surface area contributed by atoms with Gasteiger partial charge in [-0.15, -0.1) is 0 Å². The molecule has 0 atom stereocenters. The molecule has 5 rings (SSSR count). The van der Waals surface area contributed by atoms with E-state index in [0.29, 0.717) is 0 Å². The summed E-state index contributed by atoms with van der Waals surface area (Å²) in [6.07, 6.45) is 7.41. The first-order valence-corrected chi connectivity index (χ1v) is 14.3. The zero-order valence-corrected chi connectivity index (χ0v) is 19.6. The second-order valence-corrected chi connectivity index (χ2v) is 14.2. The molecule has 0 N–H and O–H groups in total. The first-order chi connectivity index (χ1) is 15.5. The van der Waals surface area contributed by atoms with Crippen molar-refractivity contribution in [1.29, 1.82) is 0 Å². The molecule has 0 saturated carbocycles. The van der Waals surface area contributed by atoms with Gasteiger partial charge in [0.1, 0.15) is 0 Å². The number of benzene rings is 2. The molecular formula is C28H25N3Si. The van der Waals surface area contributed by atoms with Crippen molar-refractivity contribution < 1.29 is 0 Å². The second kappa shape index (κ2) is 8.13. The van der Waals surface area contributed by atoms with E-state index in [4.69, 9.17) is 4.98 Å². The molecule has 2 aromatic carbocycles. The zero-order valence-electron chi connectivity index (χ0n) is 18.6. The minimum atomic E-state index is -1.28. The van der Waals surface area contributed by atoms with E-state index >= 15 is 0 Å². The summed E-state index contributed by atoms with van der Waals surface area (Å²) in [4.78, 5) is 13.5. The molecule has 3 heterocycles. The number of fused-ring (bicyclic) bond motifs is 1. The van der Waals surface area contributed by atoms with Crippen LogP contribution in [-0.4, -0.2) is 23.0 Å². The molecule has 0 spiro atoms. The molecule has 3 aromatic heterocycles. The molecule has 5 aromatic rings. The SMILES string of the molecule is C[Si](C)(C)c1ccc(-c2ccc3cc(-c4ccc(-c5ccncc5)nc4)cnc3c2)cc1. The fraction of sp³-hybridized carbons (Fsp3) is 0.107. The quantitative estimate of drug-likeness (QED) is 0.302. The fourth-order valence-corrected chi connectivity index (χ4v) is 5.05. The fourth-order valence-electron chi connectivity index (χ4n) is 3.88. The number of rotatable bonds is 4. The number of nitrogens with zero attached hydrogens (tertiary/aromatic N) is 3. The Morgan fingerprint density at radius 1 is 0.562 bits per heavy atom. The van der Waals surface area contributed by atoms with Crippen LogP contribution in [0.15, 0.2) is 97.6 Å². The highest BCUT2D eigenvalue weighted by molar-refractivity contribution is 6.88. The van der Waals surface area contributed by atoms with Crippen LogP contribution in [0.25, 0.3) is 44.4 Å². The van der Waals surface area contributed by atoms with Crippen molar-refractivity contribution in [2.24, 2.45) is 0 Å². The monoisotopic (exact) mass is 431 g/mol. The molecule has 0 radical (unpaired) electrons. The number of aromatic nitrogens is 3. The molecular weight excluding hydrogens is 406 g/mol. The predicted octanol–water partition coefficient (Wildman–Crippen LogP) is 6.57. The van der Waals surface area contributed by atoms with Crippen LogP contribution >= 0.6 is 0 Å². The average molecular weight is 432 g/mol.